The summed E-state index contributed by atoms with van der Waals surface area (Å²) < 4.78 is 2.09. The Kier molecular flexibility index (Phi) is 4.36. The molecule has 0 aliphatic carbocycles. The summed E-state index contributed by atoms with van der Waals surface area (Å²) in [4.78, 5) is 15.5. The van der Waals surface area contributed by atoms with E-state index in [0.29, 0.717) is 25.0 Å². The Morgan fingerprint density at radius 1 is 1.61 bits per heavy atom. The van der Waals surface area contributed by atoms with Crippen LogP contribution in [-0.2, 0) is 11.3 Å². The van der Waals surface area contributed by atoms with Crippen molar-refractivity contribution in [2.24, 2.45) is 0 Å². The average molecular weight is 250 g/mol. The van der Waals surface area contributed by atoms with Crippen molar-refractivity contribution in [2.75, 3.05) is 7.05 Å². The second-order valence-electron chi connectivity index (χ2n) is 4.99. The number of nitrogens with zero attached hydrogens (tertiary/aromatic N) is 2. The fourth-order valence-electron chi connectivity index (χ4n) is 2.53. The van der Waals surface area contributed by atoms with Crippen molar-refractivity contribution in [3.63, 3.8) is 0 Å². The Morgan fingerprint density at radius 3 is 3.17 bits per heavy atom. The van der Waals surface area contributed by atoms with Crippen LogP contribution in [0.1, 0.15) is 44.3 Å². The molecule has 1 amide bonds. The molecule has 2 heterocycles. The summed E-state index contributed by atoms with van der Waals surface area (Å²) in [5.41, 5.74) is 1.20. The zero-order chi connectivity index (χ0) is 13.0. The molecule has 2 N–H and O–H groups in total. The van der Waals surface area contributed by atoms with E-state index in [4.69, 9.17) is 0 Å². The Morgan fingerprint density at radius 2 is 2.44 bits per heavy atom. The molecule has 1 aromatic heterocycles. The van der Waals surface area contributed by atoms with Crippen molar-refractivity contribution >= 4 is 5.91 Å². The summed E-state index contributed by atoms with van der Waals surface area (Å²) in [6.45, 7) is 2.92. The molecule has 0 radical (unpaired) electrons. The van der Waals surface area contributed by atoms with Gasteiger partial charge in [-0.15, -0.1) is 0 Å². The minimum atomic E-state index is 0.0691. The molecule has 0 aromatic carbocycles. The first-order valence-corrected chi connectivity index (χ1v) is 6.67. The highest BCUT2D eigenvalue weighted by Crippen LogP contribution is 2.25. The molecule has 100 valence electrons. The number of aryl methyl sites for hydroxylation is 1. The predicted molar refractivity (Wildman–Crippen MR) is 70.1 cm³/mol. The number of hydrogen-bond donors (Lipinski definition) is 2. The van der Waals surface area contributed by atoms with E-state index in [2.05, 4.69) is 27.1 Å². The van der Waals surface area contributed by atoms with Gasteiger partial charge in [-0.1, -0.05) is 0 Å². The minimum absolute atomic E-state index is 0.0691. The van der Waals surface area contributed by atoms with Gasteiger partial charge in [0.1, 0.15) is 0 Å². The van der Waals surface area contributed by atoms with Crippen molar-refractivity contribution in [1.82, 2.24) is 20.2 Å². The maximum Gasteiger partial charge on any atom is 0.221 e. The monoisotopic (exact) mass is 250 g/mol. The van der Waals surface area contributed by atoms with E-state index in [9.17, 15) is 4.79 Å². The van der Waals surface area contributed by atoms with Crippen LogP contribution in [0, 0.1) is 0 Å². The van der Waals surface area contributed by atoms with E-state index in [1.165, 1.54) is 18.5 Å². The molecule has 18 heavy (non-hydrogen) atoms. The highest BCUT2D eigenvalue weighted by atomic mass is 16.1. The maximum atomic E-state index is 11.3. The Labute approximate surface area is 108 Å². The lowest BCUT2D eigenvalue weighted by molar-refractivity contribution is -0.120. The lowest BCUT2D eigenvalue weighted by Crippen LogP contribution is -2.35. The van der Waals surface area contributed by atoms with E-state index in [1.807, 2.05) is 12.5 Å². The van der Waals surface area contributed by atoms with Gasteiger partial charge in [0.25, 0.3) is 0 Å². The fourth-order valence-corrected chi connectivity index (χ4v) is 2.53. The van der Waals surface area contributed by atoms with Crippen LogP contribution in [0.5, 0.6) is 0 Å². The van der Waals surface area contributed by atoms with Crippen LogP contribution < -0.4 is 10.6 Å². The highest BCUT2D eigenvalue weighted by molar-refractivity contribution is 5.75. The maximum absolute atomic E-state index is 11.3. The molecule has 0 bridgehead atoms. The molecule has 1 fully saturated rings. The van der Waals surface area contributed by atoms with Crippen LogP contribution >= 0.6 is 0 Å². The molecule has 1 aromatic rings. The summed E-state index contributed by atoms with van der Waals surface area (Å²) in [6.07, 6.45) is 7.87. The van der Waals surface area contributed by atoms with Crippen LogP contribution in [0.4, 0.5) is 0 Å². The first-order valence-electron chi connectivity index (χ1n) is 6.67. The second kappa shape index (κ2) is 6.00. The lowest BCUT2D eigenvalue weighted by atomic mass is 9.97. The number of carbonyl (C=O) groups excluding carboxylic acids is 1. The molecule has 1 aliphatic heterocycles. The molecule has 2 unspecified atom stereocenters. The summed E-state index contributed by atoms with van der Waals surface area (Å²) >= 11 is 0. The van der Waals surface area contributed by atoms with Gasteiger partial charge in [-0.3, -0.25) is 4.79 Å². The van der Waals surface area contributed by atoms with Crippen LogP contribution in [0.2, 0.25) is 0 Å². The number of rotatable bonds is 4. The van der Waals surface area contributed by atoms with Crippen molar-refractivity contribution in [3.8, 4) is 0 Å². The third kappa shape index (κ3) is 3.10. The van der Waals surface area contributed by atoms with Crippen LogP contribution in [0.25, 0.3) is 0 Å². The number of hydrogen-bond acceptors (Lipinski definition) is 3. The molecular weight excluding hydrogens is 228 g/mol. The average Bonchev–Trinajstić information content (AvgIpc) is 2.84. The van der Waals surface area contributed by atoms with Gasteiger partial charge in [0.15, 0.2) is 0 Å². The predicted octanol–water partition coefficient (Wildman–Crippen LogP) is 1.22. The van der Waals surface area contributed by atoms with E-state index in [0.717, 1.165) is 6.42 Å². The van der Waals surface area contributed by atoms with Gasteiger partial charge in [-0.05, 0) is 26.2 Å². The van der Waals surface area contributed by atoms with Gasteiger partial charge in [0.2, 0.25) is 5.91 Å². The van der Waals surface area contributed by atoms with Gasteiger partial charge in [0.05, 0.1) is 12.0 Å². The molecular formula is C13H22N4O. The summed E-state index contributed by atoms with van der Waals surface area (Å²) in [7, 11) is 1.67. The quantitative estimate of drug-likeness (QED) is 0.845. The standard InChI is InChI=1S/C13H22N4O/c1-10-4-3-5-11(16-10)12-8-15-9-17(12)7-6-13(18)14-2/h8-11,16H,3-7H2,1-2H3,(H,14,18). The second-order valence-corrected chi connectivity index (χ2v) is 4.99. The molecule has 5 nitrogen and oxygen atoms in total. The Bertz CT molecular complexity index is 401. The van der Waals surface area contributed by atoms with E-state index < -0.39 is 0 Å². The van der Waals surface area contributed by atoms with E-state index in [1.54, 1.807) is 7.05 Å². The third-order valence-electron chi connectivity index (χ3n) is 3.58. The highest BCUT2D eigenvalue weighted by Gasteiger charge is 2.22. The fraction of sp³-hybridized carbons (Fsp3) is 0.692. The van der Waals surface area contributed by atoms with Gasteiger partial charge >= 0.3 is 0 Å². The minimum Gasteiger partial charge on any atom is -0.359 e. The number of piperidine rings is 1. The molecule has 0 spiro atoms. The largest absolute Gasteiger partial charge is 0.359 e. The number of imidazole rings is 1. The van der Waals surface area contributed by atoms with Gasteiger partial charge < -0.3 is 15.2 Å². The molecule has 1 aliphatic rings. The van der Waals surface area contributed by atoms with Gasteiger partial charge in [0, 0.05) is 38.3 Å². The van der Waals surface area contributed by atoms with Gasteiger partial charge in [-0.25, -0.2) is 4.98 Å². The van der Waals surface area contributed by atoms with Crippen LogP contribution in [0.3, 0.4) is 0 Å². The first kappa shape index (κ1) is 13.1. The summed E-state index contributed by atoms with van der Waals surface area (Å²) in [5, 5.41) is 6.24. The zero-order valence-corrected chi connectivity index (χ0v) is 11.1. The normalized spacial score (nSPS) is 23.9. The van der Waals surface area contributed by atoms with Crippen molar-refractivity contribution in [2.45, 2.75) is 51.2 Å². The Balaban J connectivity index is 2.00. The molecule has 2 atom stereocenters. The number of carbonyl (C=O) groups is 1. The lowest BCUT2D eigenvalue weighted by Gasteiger charge is -2.29. The first-order chi connectivity index (χ1) is 8.70. The molecule has 2 rings (SSSR count). The topological polar surface area (TPSA) is 59.0 Å². The molecule has 1 saturated heterocycles. The van der Waals surface area contributed by atoms with E-state index >= 15 is 0 Å². The van der Waals surface area contributed by atoms with Crippen molar-refractivity contribution < 1.29 is 4.79 Å². The summed E-state index contributed by atoms with van der Waals surface area (Å²) in [6, 6.07) is 0.937. The van der Waals surface area contributed by atoms with Crippen LogP contribution in [-0.4, -0.2) is 28.5 Å². The third-order valence-corrected chi connectivity index (χ3v) is 3.58. The number of aromatic nitrogens is 2. The Hall–Kier alpha value is -1.36. The van der Waals surface area contributed by atoms with Crippen LogP contribution in [0.15, 0.2) is 12.5 Å². The van der Waals surface area contributed by atoms with Crippen molar-refractivity contribution in [3.05, 3.63) is 18.2 Å². The molecule has 0 saturated carbocycles. The smallest absolute Gasteiger partial charge is 0.221 e. The van der Waals surface area contributed by atoms with Crippen molar-refractivity contribution in [1.29, 1.82) is 0 Å². The van der Waals surface area contributed by atoms with E-state index in [-0.39, 0.29) is 5.91 Å². The molecule has 5 heteroatoms. The summed E-state index contributed by atoms with van der Waals surface area (Å²) in [5.74, 6) is 0.0691. The number of nitrogens with one attached hydrogen (secondary N) is 2. The van der Waals surface area contributed by atoms with Gasteiger partial charge in [-0.2, -0.15) is 0 Å². The SMILES string of the molecule is CNC(=O)CCn1cncc1C1CCCC(C)N1. The number of amides is 1. The zero-order valence-electron chi connectivity index (χ0n) is 11.1.